The van der Waals surface area contributed by atoms with Crippen molar-refractivity contribution in [2.75, 3.05) is 6.54 Å². The molecule has 2 rings (SSSR count). The maximum atomic E-state index is 12.0. The predicted octanol–water partition coefficient (Wildman–Crippen LogP) is 1.26. The van der Waals surface area contributed by atoms with E-state index in [0.717, 1.165) is 18.5 Å². The molecule has 1 aliphatic carbocycles. The SMILES string of the molecule is NCCc1cc(C(=O)NC2CCCC2)ccn1. The van der Waals surface area contributed by atoms with Gasteiger partial charge in [-0.2, -0.15) is 0 Å². The summed E-state index contributed by atoms with van der Waals surface area (Å²) < 4.78 is 0. The van der Waals surface area contributed by atoms with Crippen LogP contribution in [0.25, 0.3) is 0 Å². The van der Waals surface area contributed by atoms with Gasteiger partial charge in [0.05, 0.1) is 0 Å². The molecule has 0 atom stereocenters. The lowest BCUT2D eigenvalue weighted by molar-refractivity contribution is 0.0937. The lowest BCUT2D eigenvalue weighted by atomic mass is 10.1. The number of nitrogens with zero attached hydrogens (tertiary/aromatic N) is 1. The summed E-state index contributed by atoms with van der Waals surface area (Å²) in [6, 6.07) is 3.94. The van der Waals surface area contributed by atoms with Crippen molar-refractivity contribution in [3.63, 3.8) is 0 Å². The third kappa shape index (κ3) is 3.27. The van der Waals surface area contributed by atoms with Gasteiger partial charge in [-0.25, -0.2) is 0 Å². The molecule has 0 aliphatic heterocycles. The minimum absolute atomic E-state index is 0.0116. The second-order valence-electron chi connectivity index (χ2n) is 4.53. The topological polar surface area (TPSA) is 68.0 Å². The van der Waals surface area contributed by atoms with E-state index in [-0.39, 0.29) is 5.91 Å². The molecular formula is C13H19N3O. The van der Waals surface area contributed by atoms with Gasteiger partial charge in [0, 0.05) is 29.9 Å². The van der Waals surface area contributed by atoms with E-state index in [2.05, 4.69) is 10.3 Å². The Labute approximate surface area is 102 Å². The first-order chi connectivity index (χ1) is 8.29. The summed E-state index contributed by atoms with van der Waals surface area (Å²) in [7, 11) is 0. The van der Waals surface area contributed by atoms with Crippen molar-refractivity contribution in [2.24, 2.45) is 5.73 Å². The minimum atomic E-state index is 0.0116. The Morgan fingerprint density at radius 3 is 2.94 bits per heavy atom. The van der Waals surface area contributed by atoms with Crippen molar-refractivity contribution in [1.29, 1.82) is 0 Å². The zero-order chi connectivity index (χ0) is 12.1. The number of hydrogen-bond acceptors (Lipinski definition) is 3. The van der Waals surface area contributed by atoms with Gasteiger partial charge in [-0.3, -0.25) is 9.78 Å². The summed E-state index contributed by atoms with van der Waals surface area (Å²) in [5.41, 5.74) is 7.05. The van der Waals surface area contributed by atoms with Crippen molar-refractivity contribution >= 4 is 5.91 Å². The van der Waals surface area contributed by atoms with E-state index in [0.29, 0.717) is 24.6 Å². The van der Waals surface area contributed by atoms with E-state index in [4.69, 9.17) is 5.73 Å². The summed E-state index contributed by atoms with van der Waals surface area (Å²) in [5.74, 6) is 0.0116. The number of amides is 1. The van der Waals surface area contributed by atoms with Gasteiger partial charge < -0.3 is 11.1 Å². The third-order valence-electron chi connectivity index (χ3n) is 3.17. The van der Waals surface area contributed by atoms with Crippen LogP contribution in [0.1, 0.15) is 41.7 Å². The summed E-state index contributed by atoms with van der Waals surface area (Å²) in [5, 5.41) is 3.07. The fourth-order valence-corrected chi connectivity index (χ4v) is 2.24. The molecule has 1 aromatic heterocycles. The number of aromatic nitrogens is 1. The molecule has 1 heterocycles. The zero-order valence-corrected chi connectivity index (χ0v) is 9.98. The van der Waals surface area contributed by atoms with Gasteiger partial charge in [0.15, 0.2) is 0 Å². The highest BCUT2D eigenvalue weighted by atomic mass is 16.1. The van der Waals surface area contributed by atoms with Crippen molar-refractivity contribution in [3.8, 4) is 0 Å². The molecule has 0 saturated heterocycles. The highest BCUT2D eigenvalue weighted by Crippen LogP contribution is 2.18. The van der Waals surface area contributed by atoms with Crippen LogP contribution in [0.4, 0.5) is 0 Å². The molecule has 17 heavy (non-hydrogen) atoms. The summed E-state index contributed by atoms with van der Waals surface area (Å²) in [4.78, 5) is 16.2. The number of carbonyl (C=O) groups excluding carboxylic acids is 1. The minimum Gasteiger partial charge on any atom is -0.349 e. The Balaban J connectivity index is 1.99. The van der Waals surface area contributed by atoms with E-state index in [1.54, 1.807) is 12.3 Å². The standard InChI is InChI=1S/C13H19N3O/c14-7-5-12-9-10(6-8-15-12)13(17)16-11-3-1-2-4-11/h6,8-9,11H,1-5,7,14H2,(H,16,17). The molecular weight excluding hydrogens is 214 g/mol. The number of nitrogens with two attached hydrogens (primary N) is 1. The van der Waals surface area contributed by atoms with Crippen LogP contribution < -0.4 is 11.1 Å². The van der Waals surface area contributed by atoms with Crippen LogP contribution in [0.3, 0.4) is 0 Å². The molecule has 0 unspecified atom stereocenters. The summed E-state index contributed by atoms with van der Waals surface area (Å²) in [6.07, 6.45) is 7.04. The Bertz CT molecular complexity index is 386. The molecule has 0 aromatic carbocycles. The monoisotopic (exact) mass is 233 g/mol. The van der Waals surface area contributed by atoms with Gasteiger partial charge in [0.2, 0.25) is 0 Å². The van der Waals surface area contributed by atoms with Crippen molar-refractivity contribution in [2.45, 2.75) is 38.1 Å². The molecule has 1 amide bonds. The van der Waals surface area contributed by atoms with Gasteiger partial charge in [-0.15, -0.1) is 0 Å². The fraction of sp³-hybridized carbons (Fsp3) is 0.538. The first-order valence-corrected chi connectivity index (χ1v) is 6.25. The van der Waals surface area contributed by atoms with Gasteiger partial charge in [0.25, 0.3) is 5.91 Å². The highest BCUT2D eigenvalue weighted by molar-refractivity contribution is 5.94. The zero-order valence-electron chi connectivity index (χ0n) is 9.98. The number of pyridine rings is 1. The number of rotatable bonds is 4. The van der Waals surface area contributed by atoms with E-state index in [1.807, 2.05) is 6.07 Å². The third-order valence-corrected chi connectivity index (χ3v) is 3.17. The second kappa shape index (κ2) is 5.77. The lowest BCUT2D eigenvalue weighted by Crippen LogP contribution is -2.32. The summed E-state index contributed by atoms with van der Waals surface area (Å²) >= 11 is 0. The molecule has 4 nitrogen and oxygen atoms in total. The molecule has 1 fully saturated rings. The van der Waals surface area contributed by atoms with Crippen LogP contribution in [0.2, 0.25) is 0 Å². The Hall–Kier alpha value is -1.42. The smallest absolute Gasteiger partial charge is 0.251 e. The maximum absolute atomic E-state index is 12.0. The molecule has 1 aliphatic rings. The van der Waals surface area contributed by atoms with Crippen LogP contribution >= 0.6 is 0 Å². The van der Waals surface area contributed by atoms with Gasteiger partial charge in [-0.05, 0) is 31.5 Å². The molecule has 1 saturated carbocycles. The number of carbonyl (C=O) groups is 1. The first-order valence-electron chi connectivity index (χ1n) is 6.25. The van der Waals surface area contributed by atoms with Crippen LogP contribution in [-0.2, 0) is 6.42 Å². The van der Waals surface area contributed by atoms with Gasteiger partial charge in [-0.1, -0.05) is 12.8 Å². The van der Waals surface area contributed by atoms with Crippen LogP contribution in [0.15, 0.2) is 18.3 Å². The number of hydrogen-bond donors (Lipinski definition) is 2. The van der Waals surface area contributed by atoms with E-state index in [9.17, 15) is 4.79 Å². The van der Waals surface area contributed by atoms with Gasteiger partial charge >= 0.3 is 0 Å². The fourth-order valence-electron chi connectivity index (χ4n) is 2.24. The number of nitrogens with one attached hydrogen (secondary N) is 1. The largest absolute Gasteiger partial charge is 0.349 e. The molecule has 0 spiro atoms. The van der Waals surface area contributed by atoms with Crippen LogP contribution in [0, 0.1) is 0 Å². The van der Waals surface area contributed by atoms with Crippen molar-refractivity contribution in [3.05, 3.63) is 29.6 Å². The first kappa shape index (κ1) is 12.0. The average Bonchev–Trinajstić information content (AvgIpc) is 2.83. The molecule has 0 radical (unpaired) electrons. The average molecular weight is 233 g/mol. The Kier molecular flexibility index (Phi) is 4.09. The molecule has 3 N–H and O–H groups in total. The van der Waals surface area contributed by atoms with Crippen LogP contribution in [0.5, 0.6) is 0 Å². The van der Waals surface area contributed by atoms with E-state index >= 15 is 0 Å². The molecule has 1 aromatic rings. The predicted molar refractivity (Wildman–Crippen MR) is 66.7 cm³/mol. The summed E-state index contributed by atoms with van der Waals surface area (Å²) in [6.45, 7) is 0.556. The van der Waals surface area contributed by atoms with E-state index < -0.39 is 0 Å². The quantitative estimate of drug-likeness (QED) is 0.822. The van der Waals surface area contributed by atoms with Crippen molar-refractivity contribution in [1.82, 2.24) is 10.3 Å². The van der Waals surface area contributed by atoms with Gasteiger partial charge in [0.1, 0.15) is 0 Å². The highest BCUT2D eigenvalue weighted by Gasteiger charge is 2.17. The van der Waals surface area contributed by atoms with Crippen LogP contribution in [-0.4, -0.2) is 23.5 Å². The normalized spacial score (nSPS) is 16.1. The molecule has 4 heteroatoms. The molecule has 0 bridgehead atoms. The molecule has 92 valence electrons. The lowest BCUT2D eigenvalue weighted by Gasteiger charge is -2.12. The maximum Gasteiger partial charge on any atom is 0.251 e. The van der Waals surface area contributed by atoms with Crippen molar-refractivity contribution < 1.29 is 4.79 Å². The second-order valence-corrected chi connectivity index (χ2v) is 4.53. The van der Waals surface area contributed by atoms with E-state index in [1.165, 1.54) is 12.8 Å². The Morgan fingerprint density at radius 2 is 2.24 bits per heavy atom. The Morgan fingerprint density at radius 1 is 1.47 bits per heavy atom.